The third-order valence-corrected chi connectivity index (χ3v) is 3.99. The summed E-state index contributed by atoms with van der Waals surface area (Å²) in [5.41, 5.74) is -0.637. The molecule has 0 spiro atoms. The highest BCUT2D eigenvalue weighted by Crippen LogP contribution is 2.36. The van der Waals surface area contributed by atoms with E-state index in [1.165, 1.54) is 12.1 Å². The first-order valence-corrected chi connectivity index (χ1v) is 8.91. The maximum atomic E-state index is 12.8. The molecular weight excluding hydrogens is 417 g/mol. The van der Waals surface area contributed by atoms with Gasteiger partial charge in [0.15, 0.2) is 18.1 Å². The fourth-order valence-corrected chi connectivity index (χ4v) is 2.57. The standard InChI is InChI=1S/C19H16FN3O8/c20-11-1-3-12(4-2-11)22-17(24)9-21-18(25)10-31-19(26)13-7-15-16(30-6-5-29-15)8-14(13)23(27)28/h1-4,7-8H,5-6,9-10H2,(H,21,25)(H,22,24). The highest BCUT2D eigenvalue weighted by molar-refractivity contribution is 5.97. The largest absolute Gasteiger partial charge is 0.486 e. The molecule has 0 fully saturated rings. The van der Waals surface area contributed by atoms with E-state index in [9.17, 15) is 28.9 Å². The Kier molecular flexibility index (Phi) is 6.60. The molecule has 0 saturated carbocycles. The second-order valence-electron chi connectivity index (χ2n) is 6.18. The first-order valence-electron chi connectivity index (χ1n) is 8.91. The fraction of sp³-hybridized carbons (Fsp3) is 0.211. The minimum Gasteiger partial charge on any atom is -0.486 e. The number of nitrogens with one attached hydrogen (secondary N) is 2. The smallest absolute Gasteiger partial charge is 0.345 e. The lowest BCUT2D eigenvalue weighted by molar-refractivity contribution is -0.385. The summed E-state index contributed by atoms with van der Waals surface area (Å²) in [4.78, 5) is 46.3. The Labute approximate surface area is 174 Å². The van der Waals surface area contributed by atoms with Crippen LogP contribution in [-0.4, -0.2) is 49.1 Å². The molecule has 0 unspecified atom stereocenters. The van der Waals surface area contributed by atoms with Crippen LogP contribution in [0.3, 0.4) is 0 Å². The van der Waals surface area contributed by atoms with E-state index in [-0.39, 0.29) is 24.7 Å². The number of benzene rings is 2. The number of rotatable bonds is 7. The van der Waals surface area contributed by atoms with Crippen LogP contribution >= 0.6 is 0 Å². The van der Waals surface area contributed by atoms with Gasteiger partial charge in [-0.1, -0.05) is 0 Å². The maximum absolute atomic E-state index is 12.8. The topological polar surface area (TPSA) is 146 Å². The number of nitro benzene ring substituents is 1. The molecule has 1 heterocycles. The Hall–Kier alpha value is -4.22. The van der Waals surface area contributed by atoms with Crippen molar-refractivity contribution in [1.82, 2.24) is 5.32 Å². The van der Waals surface area contributed by atoms with Gasteiger partial charge in [0.25, 0.3) is 11.6 Å². The van der Waals surface area contributed by atoms with E-state index in [2.05, 4.69) is 10.6 Å². The van der Waals surface area contributed by atoms with E-state index in [0.29, 0.717) is 5.69 Å². The summed E-state index contributed by atoms with van der Waals surface area (Å²) in [5.74, 6) is -2.71. The molecule has 2 N–H and O–H groups in total. The van der Waals surface area contributed by atoms with Gasteiger partial charge in [-0.05, 0) is 24.3 Å². The van der Waals surface area contributed by atoms with Gasteiger partial charge in [0, 0.05) is 11.8 Å². The highest BCUT2D eigenvalue weighted by atomic mass is 19.1. The zero-order valence-electron chi connectivity index (χ0n) is 15.9. The highest BCUT2D eigenvalue weighted by Gasteiger charge is 2.27. The fourth-order valence-electron chi connectivity index (χ4n) is 2.57. The number of esters is 1. The van der Waals surface area contributed by atoms with Crippen LogP contribution in [-0.2, 0) is 14.3 Å². The monoisotopic (exact) mass is 433 g/mol. The van der Waals surface area contributed by atoms with Gasteiger partial charge in [0.05, 0.1) is 17.5 Å². The first kappa shape index (κ1) is 21.5. The Bertz CT molecular complexity index is 1030. The van der Waals surface area contributed by atoms with E-state index in [0.717, 1.165) is 24.3 Å². The number of anilines is 1. The van der Waals surface area contributed by atoms with Crippen LogP contribution in [0.15, 0.2) is 36.4 Å². The normalized spacial score (nSPS) is 11.9. The van der Waals surface area contributed by atoms with Crippen LogP contribution in [0, 0.1) is 15.9 Å². The molecule has 1 aliphatic rings. The first-order chi connectivity index (χ1) is 14.8. The lowest BCUT2D eigenvalue weighted by atomic mass is 10.1. The van der Waals surface area contributed by atoms with Gasteiger partial charge in [0.2, 0.25) is 5.91 Å². The number of carbonyl (C=O) groups excluding carboxylic acids is 3. The number of amides is 2. The number of nitrogens with zero attached hydrogens (tertiary/aromatic N) is 1. The summed E-state index contributed by atoms with van der Waals surface area (Å²) in [6, 6.07) is 7.16. The zero-order chi connectivity index (χ0) is 22.4. The summed E-state index contributed by atoms with van der Waals surface area (Å²) >= 11 is 0. The molecule has 11 nitrogen and oxygen atoms in total. The molecule has 3 rings (SSSR count). The number of hydrogen-bond donors (Lipinski definition) is 2. The summed E-state index contributed by atoms with van der Waals surface area (Å²) in [6.07, 6.45) is 0. The Morgan fingerprint density at radius 2 is 1.71 bits per heavy atom. The van der Waals surface area contributed by atoms with Crippen molar-refractivity contribution in [3.05, 3.63) is 57.9 Å². The molecule has 2 aromatic rings. The molecular formula is C19H16FN3O8. The SMILES string of the molecule is O=C(COC(=O)c1cc2c(cc1[N+](=O)[O-])OCCO2)NCC(=O)Nc1ccc(F)cc1. The van der Waals surface area contributed by atoms with Gasteiger partial charge in [-0.3, -0.25) is 19.7 Å². The predicted octanol–water partition coefficient (Wildman–Crippen LogP) is 1.42. The van der Waals surface area contributed by atoms with Crippen molar-refractivity contribution in [2.45, 2.75) is 0 Å². The molecule has 0 atom stereocenters. The Morgan fingerprint density at radius 1 is 1.06 bits per heavy atom. The van der Waals surface area contributed by atoms with Crippen molar-refractivity contribution in [3.8, 4) is 11.5 Å². The molecule has 31 heavy (non-hydrogen) atoms. The van der Waals surface area contributed by atoms with Crippen molar-refractivity contribution in [3.63, 3.8) is 0 Å². The Morgan fingerprint density at radius 3 is 2.35 bits per heavy atom. The zero-order valence-corrected chi connectivity index (χ0v) is 15.9. The average Bonchev–Trinajstić information content (AvgIpc) is 2.76. The molecule has 1 aliphatic heterocycles. The van der Waals surface area contributed by atoms with Gasteiger partial charge in [-0.2, -0.15) is 0 Å². The predicted molar refractivity (Wildman–Crippen MR) is 102 cm³/mol. The third kappa shape index (κ3) is 5.65. The molecule has 0 bridgehead atoms. The van der Waals surface area contributed by atoms with Crippen LogP contribution in [0.1, 0.15) is 10.4 Å². The minimum absolute atomic E-state index is 0.124. The van der Waals surface area contributed by atoms with Crippen molar-refractivity contribution < 1.29 is 37.9 Å². The van der Waals surface area contributed by atoms with E-state index >= 15 is 0 Å². The number of nitro groups is 1. The molecule has 0 saturated heterocycles. The minimum atomic E-state index is -1.12. The van der Waals surface area contributed by atoms with Gasteiger partial charge in [0.1, 0.15) is 24.6 Å². The number of ether oxygens (including phenoxy) is 3. The number of halogens is 1. The van der Waals surface area contributed by atoms with Gasteiger partial charge in [-0.25, -0.2) is 9.18 Å². The van der Waals surface area contributed by atoms with E-state index in [1.54, 1.807) is 0 Å². The number of carbonyl (C=O) groups is 3. The van der Waals surface area contributed by atoms with Gasteiger partial charge < -0.3 is 24.8 Å². The molecule has 2 amide bonds. The van der Waals surface area contributed by atoms with Crippen LogP contribution in [0.4, 0.5) is 15.8 Å². The molecule has 12 heteroatoms. The van der Waals surface area contributed by atoms with Crippen LogP contribution < -0.4 is 20.1 Å². The van der Waals surface area contributed by atoms with E-state index in [1.807, 2.05) is 0 Å². The number of hydrogen-bond acceptors (Lipinski definition) is 8. The van der Waals surface area contributed by atoms with E-state index < -0.39 is 52.9 Å². The molecule has 2 aromatic carbocycles. The lowest BCUT2D eigenvalue weighted by Crippen LogP contribution is -2.35. The van der Waals surface area contributed by atoms with Crippen LogP contribution in [0.2, 0.25) is 0 Å². The quantitative estimate of drug-likeness (QED) is 0.379. The van der Waals surface area contributed by atoms with E-state index in [4.69, 9.17) is 14.2 Å². The molecule has 0 aliphatic carbocycles. The van der Waals surface area contributed by atoms with Crippen molar-refractivity contribution in [2.75, 3.05) is 31.7 Å². The lowest BCUT2D eigenvalue weighted by Gasteiger charge is -2.18. The van der Waals surface area contributed by atoms with Gasteiger partial charge in [-0.15, -0.1) is 0 Å². The van der Waals surface area contributed by atoms with Crippen molar-refractivity contribution in [2.24, 2.45) is 0 Å². The third-order valence-electron chi connectivity index (χ3n) is 3.99. The average molecular weight is 433 g/mol. The van der Waals surface area contributed by atoms with Crippen molar-refractivity contribution >= 4 is 29.2 Å². The number of fused-ring (bicyclic) bond motifs is 1. The summed E-state index contributed by atoms with van der Waals surface area (Å²) in [5, 5.41) is 15.9. The Balaban J connectivity index is 1.53. The van der Waals surface area contributed by atoms with Gasteiger partial charge >= 0.3 is 5.97 Å². The van der Waals surface area contributed by atoms with Crippen LogP contribution in [0.25, 0.3) is 0 Å². The summed E-state index contributed by atoms with van der Waals surface area (Å²) in [7, 11) is 0. The molecule has 0 radical (unpaired) electrons. The second kappa shape index (κ2) is 9.52. The molecule has 0 aromatic heterocycles. The summed E-state index contributed by atoms with van der Waals surface area (Å²) in [6.45, 7) is -0.781. The molecule has 162 valence electrons. The van der Waals surface area contributed by atoms with Crippen LogP contribution in [0.5, 0.6) is 11.5 Å². The second-order valence-corrected chi connectivity index (χ2v) is 6.18. The maximum Gasteiger partial charge on any atom is 0.345 e. The summed E-state index contributed by atoms with van der Waals surface area (Å²) < 4.78 is 28.2. The van der Waals surface area contributed by atoms with Crippen molar-refractivity contribution in [1.29, 1.82) is 0 Å².